The molecule has 0 aromatic carbocycles. The van der Waals surface area contributed by atoms with Crippen molar-refractivity contribution in [2.24, 2.45) is 11.5 Å². The van der Waals surface area contributed by atoms with E-state index in [-0.39, 0.29) is 49.9 Å². The Labute approximate surface area is 73.0 Å². The first-order valence-electron chi connectivity index (χ1n) is 0.781. The third kappa shape index (κ3) is 65.6. The Morgan fingerprint density at radius 1 is 1.33 bits per heavy atom. The van der Waals surface area contributed by atoms with E-state index in [1.165, 1.54) is 0 Å². The van der Waals surface area contributed by atoms with E-state index in [0.717, 1.165) is 0 Å². The molecule has 0 fully saturated rings. The molecule has 0 bridgehead atoms. The van der Waals surface area contributed by atoms with Crippen molar-refractivity contribution < 1.29 is 44.8 Å². The summed E-state index contributed by atoms with van der Waals surface area (Å²) in [5.74, 6) is 0. The van der Waals surface area contributed by atoms with E-state index in [1.807, 2.05) is 0 Å². The minimum atomic E-state index is 0. The molecule has 0 amide bonds. The molecule has 0 aliphatic heterocycles. The van der Waals surface area contributed by atoms with E-state index in [4.69, 9.17) is 0 Å². The van der Waals surface area contributed by atoms with E-state index in [9.17, 15) is 0 Å². The van der Waals surface area contributed by atoms with Gasteiger partial charge in [-0.1, -0.05) is 0 Å². The molecule has 0 aliphatic carbocycles. The maximum Gasteiger partial charge on any atom is 1.00 e. The maximum atomic E-state index is 4.62. The molecule has 0 aliphatic rings. The van der Waals surface area contributed by atoms with Crippen LogP contribution in [0.4, 0.5) is 0 Å². The van der Waals surface area contributed by atoms with Crippen molar-refractivity contribution in [1.82, 2.24) is 0 Å². The van der Waals surface area contributed by atoms with Crippen molar-refractivity contribution in [3.8, 4) is 0 Å². The quantitative estimate of drug-likeness (QED) is 0.426. The van der Waals surface area contributed by atoms with Gasteiger partial charge in [-0.25, -0.2) is 0 Å². The summed E-state index contributed by atoms with van der Waals surface area (Å²) in [6.45, 7) is 0. The Balaban J connectivity index is -0.0000000450. The molecule has 0 aromatic rings. The van der Waals surface area contributed by atoms with Gasteiger partial charge in [-0.15, -0.1) is 0 Å². The molecule has 5 heteroatoms. The van der Waals surface area contributed by atoms with Crippen molar-refractivity contribution in [1.29, 1.82) is 0 Å². The molecule has 0 saturated heterocycles. The molecule has 2 nitrogen and oxygen atoms in total. The summed E-state index contributed by atoms with van der Waals surface area (Å²) in [7, 11) is 0. The van der Waals surface area contributed by atoms with Crippen LogP contribution in [0.15, 0.2) is 0 Å². The molecular weight excluding hydrogens is 377 g/mol. The Morgan fingerprint density at radius 3 is 1.33 bits per heavy atom. The summed E-state index contributed by atoms with van der Waals surface area (Å²) >= 11 is 4.09. The third-order valence-electron chi connectivity index (χ3n) is 0. The van der Waals surface area contributed by atoms with Crippen molar-refractivity contribution in [3.63, 3.8) is 0 Å². The average Bonchev–Trinajstić information content (AvgIpc) is 0.811. The van der Waals surface area contributed by atoms with Gasteiger partial charge in [0.15, 0.2) is 5.11 Å². The van der Waals surface area contributed by atoms with Crippen molar-refractivity contribution >= 4 is 17.3 Å². The molecule has 0 unspecified atom stereocenters. The van der Waals surface area contributed by atoms with Gasteiger partial charge in [-0.2, -0.15) is 0 Å². The monoisotopic (exact) mass is 380 g/mol. The zero-order valence-electron chi connectivity index (χ0n) is 2.67. The fraction of sp³-hybridized carbons (Fsp3) is 0. The number of thiocarbonyl (C=S) groups is 1. The fourth-order valence-corrected chi connectivity index (χ4v) is 0. The summed E-state index contributed by atoms with van der Waals surface area (Å²) < 4.78 is 0. The second-order valence-corrected chi connectivity index (χ2v) is 0.874. The normalized spacial score (nSPS) is 4.00. The van der Waals surface area contributed by atoms with Crippen LogP contribution in [-0.2, 0) is 44.8 Å². The topological polar surface area (TPSA) is 52.0 Å². The van der Waals surface area contributed by atoms with Crippen molar-refractivity contribution in [3.05, 3.63) is 0 Å². The van der Waals surface area contributed by atoms with Crippen LogP contribution in [0.3, 0.4) is 0 Å². The predicted octanol–water partition coefficient (Wildman–Crippen LogP) is -0.816. The average molecular weight is 381 g/mol. The summed E-state index contributed by atoms with van der Waals surface area (Å²) in [6, 6.07) is 0. The van der Waals surface area contributed by atoms with Gasteiger partial charge in [-0.05, 0) is 12.2 Å². The van der Waals surface area contributed by atoms with Gasteiger partial charge in [0.1, 0.15) is 0 Å². The first-order valence-corrected chi connectivity index (χ1v) is 1.19. The van der Waals surface area contributed by atoms with Crippen LogP contribution in [0.5, 0.6) is 0 Å². The standard InChI is InChI=1S/CH4N2S.Ag.Au/c2-1(3)4;;/h(H4,2,3,4);;/q;2*+1. The maximum absolute atomic E-state index is 4.62. The van der Waals surface area contributed by atoms with Crippen LogP contribution in [0.2, 0.25) is 0 Å². The molecule has 0 radical (unpaired) electrons. The van der Waals surface area contributed by atoms with E-state index >= 15 is 0 Å². The first-order chi connectivity index (χ1) is 1.73. The summed E-state index contributed by atoms with van der Waals surface area (Å²) in [5.41, 5.74) is 9.24. The Bertz CT molecular complexity index is 36.5. The third-order valence-corrected chi connectivity index (χ3v) is 0. The van der Waals surface area contributed by atoms with Crippen molar-refractivity contribution in [2.75, 3.05) is 0 Å². The van der Waals surface area contributed by atoms with Crippen LogP contribution >= 0.6 is 12.2 Å². The smallest absolute Gasteiger partial charge is 0.377 e. The summed E-state index contributed by atoms with van der Waals surface area (Å²) in [6.07, 6.45) is 0. The Hall–Kier alpha value is 1.17. The molecule has 6 heavy (non-hydrogen) atoms. The van der Waals surface area contributed by atoms with Gasteiger partial charge in [0, 0.05) is 0 Å². The molecule has 0 aromatic heterocycles. The minimum absolute atomic E-state index is 0. The Kier molecular flexibility index (Phi) is 24.8. The second kappa shape index (κ2) is 9.48. The Morgan fingerprint density at radius 2 is 1.33 bits per heavy atom. The van der Waals surface area contributed by atoms with E-state index < -0.39 is 0 Å². The molecule has 0 saturated carbocycles. The van der Waals surface area contributed by atoms with E-state index in [2.05, 4.69) is 23.7 Å². The molecule has 0 rings (SSSR count). The van der Waals surface area contributed by atoms with Gasteiger partial charge in [0.25, 0.3) is 0 Å². The van der Waals surface area contributed by atoms with Gasteiger partial charge >= 0.3 is 44.8 Å². The first kappa shape index (κ1) is 15.7. The molecular formula is CH4AgAuN2S+2. The predicted molar refractivity (Wildman–Crippen MR) is 21.0 cm³/mol. The fourth-order valence-electron chi connectivity index (χ4n) is 0. The second-order valence-electron chi connectivity index (χ2n) is 0.402. The largest absolute Gasteiger partial charge is 1.00 e. The van der Waals surface area contributed by atoms with Gasteiger partial charge < -0.3 is 11.5 Å². The van der Waals surface area contributed by atoms with Crippen molar-refractivity contribution in [2.45, 2.75) is 0 Å². The van der Waals surface area contributed by atoms with Crippen LogP contribution in [0.1, 0.15) is 0 Å². The minimum Gasteiger partial charge on any atom is -0.377 e. The van der Waals surface area contributed by atoms with E-state index in [0.29, 0.717) is 0 Å². The number of hydrogen-bond acceptors (Lipinski definition) is 1. The van der Waals surface area contributed by atoms with Crippen LogP contribution in [0.25, 0.3) is 0 Å². The summed E-state index contributed by atoms with van der Waals surface area (Å²) in [5, 5.41) is 0.000000000000000222. The molecule has 44 valence electrons. The summed E-state index contributed by atoms with van der Waals surface area (Å²) in [4.78, 5) is 0. The van der Waals surface area contributed by atoms with Crippen LogP contribution in [0, 0.1) is 0 Å². The number of rotatable bonds is 0. The molecule has 4 N–H and O–H groups in total. The molecule has 0 atom stereocenters. The van der Waals surface area contributed by atoms with Gasteiger partial charge in [0.2, 0.25) is 0 Å². The van der Waals surface area contributed by atoms with Crippen LogP contribution < -0.4 is 11.5 Å². The zero-order chi connectivity index (χ0) is 3.58. The number of nitrogens with two attached hydrogens (primary N) is 2. The SMILES string of the molecule is NC(N)=S.[Ag+].[Au+]. The molecule has 0 heterocycles. The number of hydrogen-bond donors (Lipinski definition) is 2. The van der Waals surface area contributed by atoms with E-state index in [1.54, 1.807) is 0 Å². The van der Waals surface area contributed by atoms with Gasteiger partial charge in [0.05, 0.1) is 0 Å². The molecule has 0 spiro atoms. The zero-order valence-corrected chi connectivity index (χ0v) is 7.13. The van der Waals surface area contributed by atoms with Gasteiger partial charge in [-0.3, -0.25) is 0 Å². The van der Waals surface area contributed by atoms with Crippen LogP contribution in [-0.4, -0.2) is 5.11 Å².